The van der Waals surface area contributed by atoms with Gasteiger partial charge in [0.2, 0.25) is 0 Å². The van der Waals surface area contributed by atoms with Crippen molar-refractivity contribution in [3.63, 3.8) is 0 Å². The lowest BCUT2D eigenvalue weighted by atomic mass is 10.2. The number of benzene rings is 1. The van der Waals surface area contributed by atoms with Crippen LogP contribution < -0.4 is 15.4 Å². The Hall–Kier alpha value is -2.57. The second-order valence-electron chi connectivity index (χ2n) is 5.96. The Kier molecular flexibility index (Phi) is 7.25. The molecule has 25 heavy (non-hydrogen) atoms. The first-order valence-corrected chi connectivity index (χ1v) is 8.69. The molecule has 2 rings (SSSR count). The van der Waals surface area contributed by atoms with Crippen molar-refractivity contribution >= 4 is 5.96 Å². The largest absolute Gasteiger partial charge is 0.491 e. The number of aryl methyl sites for hydroxylation is 1. The van der Waals surface area contributed by atoms with Gasteiger partial charge >= 0.3 is 0 Å². The molecule has 1 heterocycles. The number of nitrogens with one attached hydrogen (secondary N) is 2. The Morgan fingerprint density at radius 3 is 2.88 bits per heavy atom. The summed E-state index contributed by atoms with van der Waals surface area (Å²) >= 11 is 0. The molecule has 0 aliphatic heterocycles. The third-order valence-corrected chi connectivity index (χ3v) is 3.61. The Bertz CT molecular complexity index is 680. The summed E-state index contributed by atoms with van der Waals surface area (Å²) in [4.78, 5) is 4.26. The highest BCUT2D eigenvalue weighted by Crippen LogP contribution is 2.14. The van der Waals surface area contributed by atoms with E-state index in [2.05, 4.69) is 38.8 Å². The van der Waals surface area contributed by atoms with Crippen LogP contribution in [-0.2, 0) is 19.5 Å². The quantitative estimate of drug-likeness (QED) is 0.566. The standard InChI is InChI=1S/C18H28N6O/c1-5-17-23-22-13-24(17)10-9-20-18(19-4)21-12-15-7-6-8-16(11-15)25-14(2)3/h6-8,11,13-14H,5,9-10,12H2,1-4H3,(H2,19,20,21). The number of ether oxygens (including phenoxy) is 1. The molecule has 0 saturated heterocycles. The molecule has 7 nitrogen and oxygen atoms in total. The molecule has 1 aromatic heterocycles. The van der Waals surface area contributed by atoms with E-state index in [1.807, 2.05) is 36.6 Å². The van der Waals surface area contributed by atoms with Gasteiger partial charge in [-0.2, -0.15) is 0 Å². The van der Waals surface area contributed by atoms with Gasteiger partial charge in [-0.3, -0.25) is 4.99 Å². The fourth-order valence-electron chi connectivity index (χ4n) is 2.44. The molecule has 0 amide bonds. The average Bonchev–Trinajstić information content (AvgIpc) is 3.05. The van der Waals surface area contributed by atoms with E-state index in [1.54, 1.807) is 13.4 Å². The SMILES string of the molecule is CCc1nncn1CCNC(=NC)NCc1cccc(OC(C)C)c1. The molecule has 0 unspecified atom stereocenters. The summed E-state index contributed by atoms with van der Waals surface area (Å²) in [7, 11) is 1.77. The van der Waals surface area contributed by atoms with Gasteiger partial charge in [-0.1, -0.05) is 19.1 Å². The Morgan fingerprint density at radius 1 is 1.32 bits per heavy atom. The smallest absolute Gasteiger partial charge is 0.191 e. The van der Waals surface area contributed by atoms with E-state index in [-0.39, 0.29) is 6.10 Å². The number of hydrogen-bond acceptors (Lipinski definition) is 4. The Morgan fingerprint density at radius 2 is 2.16 bits per heavy atom. The van der Waals surface area contributed by atoms with Gasteiger partial charge in [-0.25, -0.2) is 0 Å². The number of aromatic nitrogens is 3. The van der Waals surface area contributed by atoms with Crippen LogP contribution in [0.5, 0.6) is 5.75 Å². The van der Waals surface area contributed by atoms with Crippen molar-refractivity contribution in [2.24, 2.45) is 4.99 Å². The first kappa shape index (κ1) is 18.8. The number of aliphatic imine (C=N–C) groups is 1. The monoisotopic (exact) mass is 344 g/mol. The lowest BCUT2D eigenvalue weighted by Crippen LogP contribution is -2.38. The van der Waals surface area contributed by atoms with Crippen LogP contribution in [0.25, 0.3) is 0 Å². The van der Waals surface area contributed by atoms with E-state index in [4.69, 9.17) is 4.74 Å². The predicted octanol–water partition coefficient (Wildman–Crippen LogP) is 1.99. The molecule has 0 saturated carbocycles. The number of hydrogen-bond donors (Lipinski definition) is 2. The number of guanidine groups is 1. The molecule has 2 N–H and O–H groups in total. The highest BCUT2D eigenvalue weighted by atomic mass is 16.5. The summed E-state index contributed by atoms with van der Waals surface area (Å²) in [5.74, 6) is 2.64. The lowest BCUT2D eigenvalue weighted by Gasteiger charge is -2.14. The fraction of sp³-hybridized carbons (Fsp3) is 0.500. The minimum atomic E-state index is 0.170. The van der Waals surface area contributed by atoms with Crippen molar-refractivity contribution in [1.29, 1.82) is 0 Å². The van der Waals surface area contributed by atoms with Crippen LogP contribution in [0.4, 0.5) is 0 Å². The zero-order valence-electron chi connectivity index (χ0n) is 15.5. The zero-order valence-corrected chi connectivity index (χ0v) is 15.5. The van der Waals surface area contributed by atoms with Gasteiger partial charge in [0, 0.05) is 33.1 Å². The van der Waals surface area contributed by atoms with Crippen molar-refractivity contribution in [2.75, 3.05) is 13.6 Å². The molecule has 136 valence electrons. The van der Waals surface area contributed by atoms with Crippen LogP contribution in [0.1, 0.15) is 32.2 Å². The molecular formula is C18H28N6O. The Labute approximate surface area is 149 Å². The molecule has 1 aromatic carbocycles. The van der Waals surface area contributed by atoms with Gasteiger partial charge in [0.25, 0.3) is 0 Å². The molecule has 0 radical (unpaired) electrons. The van der Waals surface area contributed by atoms with Gasteiger partial charge in [-0.15, -0.1) is 10.2 Å². The maximum absolute atomic E-state index is 5.73. The first-order valence-electron chi connectivity index (χ1n) is 8.69. The molecule has 0 aliphatic rings. The second-order valence-corrected chi connectivity index (χ2v) is 5.96. The van der Waals surface area contributed by atoms with E-state index in [1.165, 1.54) is 0 Å². The minimum absolute atomic E-state index is 0.170. The predicted molar refractivity (Wildman–Crippen MR) is 99.8 cm³/mol. The number of rotatable bonds is 8. The maximum atomic E-state index is 5.73. The fourth-order valence-corrected chi connectivity index (χ4v) is 2.44. The van der Waals surface area contributed by atoms with Gasteiger partial charge in [0.05, 0.1) is 6.10 Å². The summed E-state index contributed by atoms with van der Waals surface area (Å²) < 4.78 is 7.78. The van der Waals surface area contributed by atoms with Crippen molar-refractivity contribution in [2.45, 2.75) is 46.4 Å². The van der Waals surface area contributed by atoms with Gasteiger partial charge in [0.15, 0.2) is 5.96 Å². The minimum Gasteiger partial charge on any atom is -0.491 e. The molecule has 7 heteroatoms. The highest BCUT2D eigenvalue weighted by Gasteiger charge is 2.03. The van der Waals surface area contributed by atoms with E-state index < -0.39 is 0 Å². The molecule has 0 fully saturated rings. The van der Waals surface area contributed by atoms with Crippen LogP contribution in [0, 0.1) is 0 Å². The first-order chi connectivity index (χ1) is 12.1. The van der Waals surface area contributed by atoms with Crippen LogP contribution >= 0.6 is 0 Å². The molecule has 0 bridgehead atoms. The zero-order chi connectivity index (χ0) is 18.1. The van der Waals surface area contributed by atoms with Crippen molar-refractivity contribution in [3.8, 4) is 5.75 Å². The van der Waals surface area contributed by atoms with Crippen LogP contribution in [0.15, 0.2) is 35.6 Å². The highest BCUT2D eigenvalue weighted by molar-refractivity contribution is 5.79. The van der Waals surface area contributed by atoms with Crippen LogP contribution in [0.2, 0.25) is 0 Å². The summed E-state index contributed by atoms with van der Waals surface area (Å²) in [6.07, 6.45) is 2.81. The van der Waals surface area contributed by atoms with E-state index in [9.17, 15) is 0 Å². The summed E-state index contributed by atoms with van der Waals surface area (Å²) in [5, 5.41) is 14.7. The lowest BCUT2D eigenvalue weighted by molar-refractivity contribution is 0.242. The van der Waals surface area contributed by atoms with E-state index >= 15 is 0 Å². The third-order valence-electron chi connectivity index (χ3n) is 3.61. The topological polar surface area (TPSA) is 76.4 Å². The van der Waals surface area contributed by atoms with Crippen molar-refractivity contribution in [3.05, 3.63) is 42.0 Å². The van der Waals surface area contributed by atoms with Crippen LogP contribution in [-0.4, -0.2) is 40.4 Å². The summed E-state index contributed by atoms with van der Waals surface area (Å²) in [6.45, 7) is 8.36. The summed E-state index contributed by atoms with van der Waals surface area (Å²) in [5.41, 5.74) is 1.15. The average molecular weight is 344 g/mol. The molecular weight excluding hydrogens is 316 g/mol. The molecule has 0 atom stereocenters. The summed E-state index contributed by atoms with van der Waals surface area (Å²) in [6, 6.07) is 8.09. The molecule has 2 aromatic rings. The normalized spacial score (nSPS) is 11.6. The van der Waals surface area contributed by atoms with Crippen molar-refractivity contribution < 1.29 is 4.74 Å². The molecule has 0 spiro atoms. The van der Waals surface area contributed by atoms with E-state index in [0.29, 0.717) is 6.54 Å². The second kappa shape index (κ2) is 9.66. The van der Waals surface area contributed by atoms with Gasteiger partial charge < -0.3 is 19.9 Å². The van der Waals surface area contributed by atoms with Crippen LogP contribution in [0.3, 0.4) is 0 Å². The van der Waals surface area contributed by atoms with Gasteiger partial charge in [0.1, 0.15) is 17.9 Å². The maximum Gasteiger partial charge on any atom is 0.191 e. The van der Waals surface area contributed by atoms with E-state index in [0.717, 1.165) is 42.6 Å². The number of nitrogens with zero attached hydrogens (tertiary/aromatic N) is 4. The third kappa shape index (κ3) is 6.10. The molecule has 0 aliphatic carbocycles. The van der Waals surface area contributed by atoms with Crippen molar-refractivity contribution in [1.82, 2.24) is 25.4 Å². The van der Waals surface area contributed by atoms with Gasteiger partial charge in [-0.05, 0) is 31.5 Å². The Balaban J connectivity index is 1.80.